The van der Waals surface area contributed by atoms with Crippen LogP contribution < -0.4 is 5.73 Å². The zero-order valence-electron chi connectivity index (χ0n) is 5.52. The minimum absolute atomic E-state index is 1.28. The van der Waals surface area contributed by atoms with Crippen molar-refractivity contribution in [1.82, 2.24) is 0 Å². The maximum Gasteiger partial charge on any atom is 0.529 e. The van der Waals surface area contributed by atoms with Crippen LogP contribution in [0.15, 0.2) is 0 Å². The molecular weight excluding hydrogens is 176 g/mol. The van der Waals surface area contributed by atoms with Gasteiger partial charge in [-0.3, -0.25) is 36.1 Å². The van der Waals surface area contributed by atoms with Crippen LogP contribution in [0.3, 0.4) is 0 Å². The van der Waals surface area contributed by atoms with E-state index in [0.717, 1.165) is 0 Å². The van der Waals surface area contributed by atoms with Crippen LogP contribution in [0, 0.1) is 30.3 Å². The lowest BCUT2D eigenvalue weighted by Gasteiger charge is -2.02. The molecule has 0 saturated carbocycles. The van der Waals surface area contributed by atoms with Gasteiger partial charge >= 0.3 is 12.3 Å². The maximum atomic E-state index is 9.87. The van der Waals surface area contributed by atoms with E-state index < -0.39 is 27.1 Å². The summed E-state index contributed by atoms with van der Waals surface area (Å²) in [6, 6.07) is 0. The molecule has 0 spiro atoms. The first kappa shape index (κ1) is 10.2. The van der Waals surface area contributed by atoms with Crippen LogP contribution in [0.4, 0.5) is 0 Å². The fourth-order valence-electron chi connectivity index (χ4n) is 0.435. The van der Waals surface area contributed by atoms with Gasteiger partial charge in [0.25, 0.3) is 0 Å². The van der Waals surface area contributed by atoms with Gasteiger partial charge in [-0.05, 0) is 0 Å². The van der Waals surface area contributed by atoms with Gasteiger partial charge in [0.15, 0.2) is 0 Å². The molecule has 0 aliphatic carbocycles. The van der Waals surface area contributed by atoms with Crippen LogP contribution in [-0.2, 0) is 0 Å². The normalized spacial score (nSPS) is 12.5. The Bertz CT molecular complexity index is 212. The number of nitrogens with zero attached hydrogens (tertiary/aromatic N) is 3. The van der Waals surface area contributed by atoms with E-state index in [4.69, 9.17) is 0 Å². The van der Waals surface area contributed by atoms with E-state index in [1.54, 1.807) is 0 Å². The highest BCUT2D eigenvalue weighted by Crippen LogP contribution is 1.97. The van der Waals surface area contributed by atoms with Crippen molar-refractivity contribution >= 4 is 0 Å². The van der Waals surface area contributed by atoms with Crippen molar-refractivity contribution in [3.05, 3.63) is 30.3 Å². The smallest absolute Gasteiger partial charge is 0.262 e. The molecule has 0 aliphatic heterocycles. The molecule has 1 unspecified atom stereocenters. The minimum atomic E-state index is -2.60. The van der Waals surface area contributed by atoms with Gasteiger partial charge in [0.1, 0.15) is 9.85 Å². The lowest BCUT2D eigenvalue weighted by molar-refractivity contribution is -0.782. The molecule has 2 N–H and O–H groups in total. The Hall–Kier alpha value is -1.84. The molecule has 0 fully saturated rings. The van der Waals surface area contributed by atoms with E-state index in [0.29, 0.717) is 0 Å². The first-order chi connectivity index (χ1) is 5.37. The molecule has 0 amide bonds. The Balaban J connectivity index is 4.63. The van der Waals surface area contributed by atoms with Crippen molar-refractivity contribution in [3.8, 4) is 0 Å². The third-order valence-corrected chi connectivity index (χ3v) is 0.981. The lowest BCUT2D eigenvalue weighted by Crippen LogP contribution is -2.50. The molecule has 10 nitrogen and oxygen atoms in total. The molecule has 0 aromatic rings. The van der Waals surface area contributed by atoms with E-state index in [9.17, 15) is 30.3 Å². The van der Waals surface area contributed by atoms with Crippen molar-refractivity contribution in [3.63, 3.8) is 0 Å². The average Bonchev–Trinajstić information content (AvgIpc) is 1.85. The Morgan fingerprint density at radius 3 is 1.33 bits per heavy atom. The van der Waals surface area contributed by atoms with Crippen LogP contribution in [-0.4, -0.2) is 27.1 Å². The summed E-state index contributed by atoms with van der Waals surface area (Å²) in [5, 5.41) is 29.6. The van der Waals surface area contributed by atoms with E-state index in [-0.39, 0.29) is 0 Å². The van der Waals surface area contributed by atoms with Crippen LogP contribution in [0.1, 0.15) is 0 Å². The third kappa shape index (κ3) is 2.09. The van der Waals surface area contributed by atoms with Gasteiger partial charge in [-0.2, -0.15) is 0 Å². The predicted molar refractivity (Wildman–Crippen MR) is 32.7 cm³/mol. The van der Waals surface area contributed by atoms with Crippen molar-refractivity contribution < 1.29 is 14.8 Å². The zero-order chi connectivity index (χ0) is 9.89. The summed E-state index contributed by atoms with van der Waals surface area (Å²) in [4.78, 5) is 25.5. The topological polar surface area (TPSA) is 155 Å². The quantitative estimate of drug-likeness (QED) is 0.311. The Morgan fingerprint density at radius 2 is 1.25 bits per heavy atom. The Labute approximate surface area is 64.4 Å². The summed E-state index contributed by atoms with van der Waals surface area (Å²) in [5.41, 5.74) is 4.58. The largest absolute Gasteiger partial charge is 0.529 e. The van der Waals surface area contributed by atoms with Crippen molar-refractivity contribution in [2.75, 3.05) is 0 Å². The van der Waals surface area contributed by atoms with E-state index in [2.05, 4.69) is 5.73 Å². The van der Waals surface area contributed by atoms with Crippen molar-refractivity contribution in [1.29, 1.82) is 0 Å². The summed E-state index contributed by atoms with van der Waals surface area (Å²) in [7, 11) is 0. The predicted octanol–water partition coefficient (Wildman–Crippen LogP) is -1.57. The van der Waals surface area contributed by atoms with Gasteiger partial charge < -0.3 is 0 Å². The number of hydrogen-bond acceptors (Lipinski definition) is 7. The molecule has 0 aromatic carbocycles. The van der Waals surface area contributed by atoms with Gasteiger partial charge in [0.05, 0.1) is 4.92 Å². The highest BCUT2D eigenvalue weighted by Gasteiger charge is 2.48. The number of nitro groups is 3. The van der Waals surface area contributed by atoms with Gasteiger partial charge in [0, 0.05) is 0 Å². The van der Waals surface area contributed by atoms with Gasteiger partial charge in [-0.1, -0.05) is 0 Å². The van der Waals surface area contributed by atoms with Crippen LogP contribution in [0.2, 0.25) is 0 Å². The van der Waals surface area contributed by atoms with E-state index >= 15 is 0 Å². The van der Waals surface area contributed by atoms with Crippen molar-refractivity contribution in [2.24, 2.45) is 5.73 Å². The van der Waals surface area contributed by atoms with E-state index in [1.165, 1.54) is 0 Å². The van der Waals surface area contributed by atoms with Crippen LogP contribution >= 0.6 is 0 Å². The molecule has 10 heteroatoms. The van der Waals surface area contributed by atoms with E-state index in [1.807, 2.05) is 0 Å². The lowest BCUT2D eigenvalue weighted by atomic mass is 10.4. The second-order valence-electron chi connectivity index (χ2n) is 1.76. The summed E-state index contributed by atoms with van der Waals surface area (Å²) < 4.78 is 0. The second kappa shape index (κ2) is 3.52. The first-order valence-corrected chi connectivity index (χ1v) is 2.54. The fraction of sp³-hybridized carbons (Fsp3) is 1.00. The highest BCUT2D eigenvalue weighted by atomic mass is 16.7. The number of rotatable bonds is 4. The monoisotopic (exact) mass is 180 g/mol. The van der Waals surface area contributed by atoms with Crippen LogP contribution in [0.25, 0.3) is 0 Å². The molecule has 12 heavy (non-hydrogen) atoms. The number of nitrogens with two attached hydrogens (primary N) is 1. The van der Waals surface area contributed by atoms with Gasteiger partial charge in [-0.25, -0.2) is 0 Å². The Morgan fingerprint density at radius 1 is 0.917 bits per heavy atom. The molecule has 0 saturated heterocycles. The maximum absolute atomic E-state index is 9.87. The van der Waals surface area contributed by atoms with Crippen molar-refractivity contribution in [2.45, 2.75) is 12.3 Å². The van der Waals surface area contributed by atoms with Gasteiger partial charge in [-0.15, -0.1) is 0 Å². The van der Waals surface area contributed by atoms with Crippen LogP contribution in [0.5, 0.6) is 0 Å². The minimum Gasteiger partial charge on any atom is -0.262 e. The molecule has 1 atom stereocenters. The molecule has 0 rings (SSSR count). The summed E-state index contributed by atoms with van der Waals surface area (Å²) in [6.45, 7) is 0. The first-order valence-electron chi connectivity index (χ1n) is 2.54. The standard InChI is InChI=1S/C2H4N4O6/c3-1(4(7)8)2(5(9)10)6(11)12/h1-2H,3H2. The molecule has 0 radical (unpaired) electrons. The highest BCUT2D eigenvalue weighted by molar-refractivity contribution is 4.49. The summed E-state index contributed by atoms with van der Waals surface area (Å²) in [6.07, 6.45) is -4.92. The molecule has 68 valence electrons. The molecule has 0 bridgehead atoms. The molecule has 0 heterocycles. The van der Waals surface area contributed by atoms with Gasteiger partial charge in [0.2, 0.25) is 0 Å². The summed E-state index contributed by atoms with van der Waals surface area (Å²) >= 11 is 0. The average molecular weight is 180 g/mol. The molecular formula is C2H4N4O6. The molecule has 0 aliphatic rings. The SMILES string of the molecule is NC(C([N+](=O)[O-])[N+](=O)[O-])[N+](=O)[O-]. The second-order valence-corrected chi connectivity index (χ2v) is 1.76. The summed E-state index contributed by atoms with van der Waals surface area (Å²) in [5.74, 6) is 0. The Kier molecular flexibility index (Phi) is 2.98. The molecule has 0 aromatic heterocycles. The number of hydrogen-bond donors (Lipinski definition) is 1. The third-order valence-electron chi connectivity index (χ3n) is 0.981. The fourth-order valence-corrected chi connectivity index (χ4v) is 0.435. The zero-order valence-corrected chi connectivity index (χ0v) is 5.52.